The fourth-order valence-corrected chi connectivity index (χ4v) is 2.70. The Balaban J connectivity index is 1.44. The van der Waals surface area contributed by atoms with Gasteiger partial charge in [0.1, 0.15) is 12.1 Å². The Bertz CT molecular complexity index is 913. The summed E-state index contributed by atoms with van der Waals surface area (Å²) < 4.78 is 3.18. The average molecular weight is 353 g/mol. The minimum Gasteiger partial charge on any atom is -0.328 e. The molecule has 3 aromatic rings. The summed E-state index contributed by atoms with van der Waals surface area (Å²) in [6.45, 7) is 1.82. The van der Waals surface area contributed by atoms with Gasteiger partial charge in [-0.1, -0.05) is 0 Å². The predicted molar refractivity (Wildman–Crippen MR) is 92.7 cm³/mol. The van der Waals surface area contributed by atoms with Crippen molar-refractivity contribution in [2.45, 2.75) is 31.7 Å². The van der Waals surface area contributed by atoms with Crippen LogP contribution in [0.15, 0.2) is 30.9 Å². The second-order valence-electron chi connectivity index (χ2n) is 6.25. The van der Waals surface area contributed by atoms with Crippen molar-refractivity contribution in [3.05, 3.63) is 42.4 Å². The summed E-state index contributed by atoms with van der Waals surface area (Å²) in [5.74, 6) is 2.12. The Morgan fingerprint density at radius 2 is 2.04 bits per heavy atom. The summed E-state index contributed by atoms with van der Waals surface area (Å²) >= 11 is 0. The van der Waals surface area contributed by atoms with Gasteiger partial charge in [-0.25, -0.2) is 19.7 Å². The van der Waals surface area contributed by atoms with Crippen LogP contribution < -0.4 is 10.6 Å². The first-order chi connectivity index (χ1) is 12.6. The third-order valence-electron chi connectivity index (χ3n) is 4.19. The van der Waals surface area contributed by atoms with Crippen LogP contribution in [0.25, 0.3) is 5.95 Å². The monoisotopic (exact) mass is 353 g/mol. The topological polar surface area (TPSA) is 115 Å². The Labute approximate surface area is 149 Å². The third-order valence-corrected chi connectivity index (χ3v) is 4.19. The summed E-state index contributed by atoms with van der Waals surface area (Å²) in [6.07, 6.45) is 6.98. The van der Waals surface area contributed by atoms with Gasteiger partial charge in [-0.2, -0.15) is 14.9 Å². The molecule has 0 saturated heterocycles. The summed E-state index contributed by atoms with van der Waals surface area (Å²) in [5, 5.41) is 14.3. The van der Waals surface area contributed by atoms with Crippen LogP contribution in [0.3, 0.4) is 0 Å². The first-order valence-corrected chi connectivity index (χ1v) is 8.40. The van der Waals surface area contributed by atoms with Crippen LogP contribution >= 0.6 is 0 Å². The molecule has 0 radical (unpaired) electrons. The molecule has 1 aliphatic rings. The maximum Gasteiger partial charge on any atom is 0.320 e. The standard InChI is InChI=1S/C16H19N9O/c1-10(14-19-9-20-25(14)15-17-6-3-7-18-15)21-16(26)22-13-8-12(11-4-5-11)23-24(13)2/h3,6-11H,4-5H2,1-2H3,(H2,21,22,26). The summed E-state index contributed by atoms with van der Waals surface area (Å²) in [4.78, 5) is 24.9. The molecule has 26 heavy (non-hydrogen) atoms. The Morgan fingerprint density at radius 1 is 1.27 bits per heavy atom. The normalized spacial score (nSPS) is 14.8. The molecule has 1 fully saturated rings. The first kappa shape index (κ1) is 16.2. The zero-order valence-corrected chi connectivity index (χ0v) is 14.5. The van der Waals surface area contributed by atoms with Crippen LogP contribution in [0.1, 0.15) is 43.2 Å². The average Bonchev–Trinajstić information content (AvgIpc) is 3.25. The molecular weight excluding hydrogens is 334 g/mol. The number of anilines is 1. The number of hydrogen-bond acceptors (Lipinski definition) is 6. The summed E-state index contributed by atoms with van der Waals surface area (Å²) in [7, 11) is 1.81. The number of amides is 2. The Kier molecular flexibility index (Phi) is 4.07. The van der Waals surface area contributed by atoms with E-state index < -0.39 is 6.04 Å². The van der Waals surface area contributed by atoms with E-state index in [1.54, 1.807) is 23.1 Å². The lowest BCUT2D eigenvalue weighted by molar-refractivity contribution is 0.248. The van der Waals surface area contributed by atoms with Crippen molar-refractivity contribution in [3.63, 3.8) is 0 Å². The predicted octanol–water partition coefficient (Wildman–Crippen LogP) is 1.55. The summed E-state index contributed by atoms with van der Waals surface area (Å²) in [6, 6.07) is 2.91. The molecule has 1 atom stereocenters. The number of nitrogens with one attached hydrogen (secondary N) is 2. The molecule has 2 amide bonds. The highest BCUT2D eigenvalue weighted by Crippen LogP contribution is 2.39. The van der Waals surface area contributed by atoms with Gasteiger partial charge in [-0.15, -0.1) is 0 Å². The van der Waals surface area contributed by atoms with Crippen molar-refractivity contribution in [2.75, 3.05) is 5.32 Å². The number of carbonyl (C=O) groups excluding carboxylic acids is 1. The Morgan fingerprint density at radius 3 is 2.77 bits per heavy atom. The van der Waals surface area contributed by atoms with Gasteiger partial charge in [0, 0.05) is 31.4 Å². The highest BCUT2D eigenvalue weighted by molar-refractivity contribution is 5.88. The van der Waals surface area contributed by atoms with Gasteiger partial charge in [-0.3, -0.25) is 10.00 Å². The zero-order chi connectivity index (χ0) is 18.1. The second kappa shape index (κ2) is 6.54. The van der Waals surface area contributed by atoms with Crippen molar-refractivity contribution >= 4 is 11.8 Å². The Hall–Kier alpha value is -3.30. The largest absolute Gasteiger partial charge is 0.328 e. The molecule has 3 heterocycles. The van der Waals surface area contributed by atoms with E-state index in [1.165, 1.54) is 11.0 Å². The minimum atomic E-state index is -0.391. The van der Waals surface area contributed by atoms with Gasteiger partial charge in [0.15, 0.2) is 5.82 Å². The molecule has 134 valence electrons. The lowest BCUT2D eigenvalue weighted by Gasteiger charge is -2.14. The van der Waals surface area contributed by atoms with E-state index >= 15 is 0 Å². The second-order valence-corrected chi connectivity index (χ2v) is 6.25. The van der Waals surface area contributed by atoms with E-state index in [0.29, 0.717) is 23.5 Å². The van der Waals surface area contributed by atoms with Crippen molar-refractivity contribution in [1.29, 1.82) is 0 Å². The molecule has 1 unspecified atom stereocenters. The molecule has 0 aromatic carbocycles. The molecule has 10 nitrogen and oxygen atoms in total. The van der Waals surface area contributed by atoms with Gasteiger partial charge >= 0.3 is 6.03 Å². The summed E-state index contributed by atoms with van der Waals surface area (Å²) in [5.41, 5.74) is 1.02. The van der Waals surface area contributed by atoms with Gasteiger partial charge < -0.3 is 5.32 Å². The fourth-order valence-electron chi connectivity index (χ4n) is 2.70. The van der Waals surface area contributed by atoms with Crippen molar-refractivity contribution in [3.8, 4) is 5.95 Å². The molecule has 0 bridgehead atoms. The molecule has 0 spiro atoms. The molecule has 0 aliphatic heterocycles. The van der Waals surface area contributed by atoms with E-state index in [1.807, 2.05) is 20.0 Å². The number of urea groups is 1. The zero-order valence-electron chi connectivity index (χ0n) is 14.5. The quantitative estimate of drug-likeness (QED) is 0.719. The lowest BCUT2D eigenvalue weighted by Crippen LogP contribution is -2.33. The van der Waals surface area contributed by atoms with E-state index in [9.17, 15) is 4.79 Å². The molecule has 2 N–H and O–H groups in total. The molecular formula is C16H19N9O. The van der Waals surface area contributed by atoms with Gasteiger partial charge in [0.2, 0.25) is 0 Å². The van der Waals surface area contributed by atoms with Crippen LogP contribution in [0.4, 0.5) is 10.6 Å². The molecule has 1 aliphatic carbocycles. The first-order valence-electron chi connectivity index (χ1n) is 8.40. The smallest absolute Gasteiger partial charge is 0.320 e. The molecule has 3 aromatic heterocycles. The van der Waals surface area contributed by atoms with E-state index in [0.717, 1.165) is 18.5 Å². The number of hydrogen-bond donors (Lipinski definition) is 2. The van der Waals surface area contributed by atoms with Gasteiger partial charge in [0.25, 0.3) is 5.95 Å². The molecule has 10 heteroatoms. The maximum atomic E-state index is 12.4. The van der Waals surface area contributed by atoms with Crippen LogP contribution in [0, 0.1) is 0 Å². The molecule has 4 rings (SSSR count). The lowest BCUT2D eigenvalue weighted by atomic mass is 10.3. The van der Waals surface area contributed by atoms with Crippen molar-refractivity contribution in [2.24, 2.45) is 7.05 Å². The van der Waals surface area contributed by atoms with Gasteiger partial charge in [0.05, 0.1) is 11.7 Å². The van der Waals surface area contributed by atoms with E-state index in [4.69, 9.17) is 0 Å². The number of carbonyl (C=O) groups is 1. The SMILES string of the molecule is CC(NC(=O)Nc1cc(C2CC2)nn1C)c1ncnn1-c1ncccn1. The highest BCUT2D eigenvalue weighted by Gasteiger charge is 2.27. The van der Waals surface area contributed by atoms with Crippen LogP contribution in [-0.2, 0) is 7.05 Å². The van der Waals surface area contributed by atoms with Crippen LogP contribution in [0.5, 0.6) is 0 Å². The van der Waals surface area contributed by atoms with E-state index in [2.05, 4.69) is 35.8 Å². The number of aromatic nitrogens is 7. The van der Waals surface area contributed by atoms with Gasteiger partial charge in [-0.05, 0) is 25.8 Å². The molecule has 1 saturated carbocycles. The highest BCUT2D eigenvalue weighted by atomic mass is 16.2. The third kappa shape index (κ3) is 3.25. The van der Waals surface area contributed by atoms with E-state index in [-0.39, 0.29) is 6.03 Å². The number of rotatable bonds is 5. The van der Waals surface area contributed by atoms with Crippen LogP contribution in [0.2, 0.25) is 0 Å². The minimum absolute atomic E-state index is 0.341. The van der Waals surface area contributed by atoms with Crippen molar-refractivity contribution < 1.29 is 4.79 Å². The maximum absolute atomic E-state index is 12.4. The van der Waals surface area contributed by atoms with Crippen LogP contribution in [-0.4, -0.2) is 40.5 Å². The fraction of sp³-hybridized carbons (Fsp3) is 0.375. The van der Waals surface area contributed by atoms with Crippen molar-refractivity contribution in [1.82, 2.24) is 39.8 Å². The number of nitrogens with zero attached hydrogens (tertiary/aromatic N) is 7. The number of aryl methyl sites for hydroxylation is 1.